The summed E-state index contributed by atoms with van der Waals surface area (Å²) in [5, 5.41) is 6.45. The number of guanidine groups is 1. The van der Waals surface area contributed by atoms with Crippen molar-refractivity contribution in [2.24, 2.45) is 10.9 Å². The van der Waals surface area contributed by atoms with Gasteiger partial charge in [0.1, 0.15) is 17.7 Å². The van der Waals surface area contributed by atoms with Crippen molar-refractivity contribution < 1.29 is 13.9 Å². The maximum atomic E-state index is 13.1. The molecule has 0 aromatic heterocycles. The number of aliphatic imine (C=N–C) groups is 1. The third-order valence-electron chi connectivity index (χ3n) is 3.72. The van der Waals surface area contributed by atoms with Crippen LogP contribution in [0.1, 0.15) is 26.2 Å². The summed E-state index contributed by atoms with van der Waals surface area (Å²) in [7, 11) is 1.73. The second kappa shape index (κ2) is 12.3. The molecule has 5 nitrogen and oxygen atoms in total. The summed E-state index contributed by atoms with van der Waals surface area (Å²) in [6, 6.07) is 6.16. The van der Waals surface area contributed by atoms with Gasteiger partial charge in [0.25, 0.3) is 0 Å². The zero-order valence-corrected chi connectivity index (χ0v) is 17.3. The van der Waals surface area contributed by atoms with Crippen LogP contribution < -0.4 is 15.4 Å². The topological polar surface area (TPSA) is 54.9 Å². The third kappa shape index (κ3) is 9.84. The highest BCUT2D eigenvalue weighted by molar-refractivity contribution is 14.0. The maximum absolute atomic E-state index is 13.1. The number of nitrogens with zero attached hydrogens (tertiary/aromatic N) is 1. The van der Waals surface area contributed by atoms with Gasteiger partial charge in [-0.3, -0.25) is 4.99 Å². The molecule has 1 aliphatic carbocycles. The van der Waals surface area contributed by atoms with Crippen LogP contribution in [0.2, 0.25) is 0 Å². The van der Waals surface area contributed by atoms with Gasteiger partial charge in [-0.25, -0.2) is 4.39 Å². The average Bonchev–Trinajstić information content (AvgIpc) is 3.37. The van der Waals surface area contributed by atoms with E-state index >= 15 is 0 Å². The molecule has 1 fully saturated rings. The Balaban J connectivity index is 0.00000312. The van der Waals surface area contributed by atoms with E-state index in [-0.39, 0.29) is 35.9 Å². The quantitative estimate of drug-likeness (QED) is 0.241. The first kappa shape index (κ1) is 22.0. The molecule has 0 heterocycles. The minimum atomic E-state index is -0.297. The molecular formula is C18H29FIN3O2. The van der Waals surface area contributed by atoms with Crippen molar-refractivity contribution in [3.63, 3.8) is 0 Å². The van der Waals surface area contributed by atoms with Crippen molar-refractivity contribution in [1.82, 2.24) is 10.6 Å². The van der Waals surface area contributed by atoms with Gasteiger partial charge in [-0.1, -0.05) is 6.07 Å². The molecule has 2 N–H and O–H groups in total. The van der Waals surface area contributed by atoms with Gasteiger partial charge in [0.05, 0.1) is 6.54 Å². The first-order valence-corrected chi connectivity index (χ1v) is 8.62. The van der Waals surface area contributed by atoms with Crippen LogP contribution in [0.5, 0.6) is 5.75 Å². The van der Waals surface area contributed by atoms with E-state index in [2.05, 4.69) is 15.6 Å². The fraction of sp³-hybridized carbons (Fsp3) is 0.611. The normalized spacial score (nSPS) is 15.2. The van der Waals surface area contributed by atoms with E-state index in [0.29, 0.717) is 12.3 Å². The Bertz CT molecular complexity index is 527. The van der Waals surface area contributed by atoms with Crippen molar-refractivity contribution in [2.45, 2.75) is 32.3 Å². The molecule has 0 bridgehead atoms. The molecule has 0 amide bonds. The Morgan fingerprint density at radius 2 is 2.16 bits per heavy atom. The largest absolute Gasteiger partial charge is 0.489 e. The van der Waals surface area contributed by atoms with Crippen LogP contribution in [0.3, 0.4) is 0 Å². The number of ether oxygens (including phenoxy) is 2. The van der Waals surface area contributed by atoms with Gasteiger partial charge in [-0.15, -0.1) is 24.0 Å². The summed E-state index contributed by atoms with van der Waals surface area (Å²) in [6.07, 6.45) is 3.49. The maximum Gasteiger partial charge on any atom is 0.191 e. The van der Waals surface area contributed by atoms with Gasteiger partial charge in [-0.05, 0) is 44.2 Å². The van der Waals surface area contributed by atoms with Crippen LogP contribution in [0, 0.1) is 11.7 Å². The number of halogens is 2. The highest BCUT2D eigenvalue weighted by Crippen LogP contribution is 2.28. The standard InChI is InChI=1S/C18H28FN3O2.HI/c1-14(24-17-6-3-5-16(19)11-17)12-22-18(20-2)21-9-4-10-23-13-15-7-8-15;/h3,5-6,11,14-15H,4,7-10,12-13H2,1-2H3,(H2,20,21,22);1H. The van der Waals surface area contributed by atoms with Gasteiger partial charge in [0.2, 0.25) is 0 Å². The average molecular weight is 465 g/mol. The van der Waals surface area contributed by atoms with Gasteiger partial charge in [0.15, 0.2) is 5.96 Å². The molecule has 142 valence electrons. The fourth-order valence-electron chi connectivity index (χ4n) is 2.19. The van der Waals surface area contributed by atoms with Crippen LogP contribution in [-0.2, 0) is 4.74 Å². The Hall–Kier alpha value is -1.09. The van der Waals surface area contributed by atoms with E-state index in [1.165, 1.54) is 25.0 Å². The van der Waals surface area contributed by atoms with Crippen molar-refractivity contribution in [3.05, 3.63) is 30.1 Å². The number of nitrogens with one attached hydrogen (secondary N) is 2. The Kier molecular flexibility index (Phi) is 10.8. The lowest BCUT2D eigenvalue weighted by Gasteiger charge is -2.17. The van der Waals surface area contributed by atoms with E-state index in [1.807, 2.05) is 6.92 Å². The number of hydrogen-bond acceptors (Lipinski definition) is 3. The first-order chi connectivity index (χ1) is 11.7. The molecule has 0 saturated heterocycles. The predicted molar refractivity (Wildman–Crippen MR) is 109 cm³/mol. The molecule has 1 aliphatic rings. The van der Waals surface area contributed by atoms with Crippen LogP contribution >= 0.6 is 24.0 Å². The monoisotopic (exact) mass is 465 g/mol. The minimum Gasteiger partial charge on any atom is -0.489 e. The number of hydrogen-bond donors (Lipinski definition) is 2. The van der Waals surface area contributed by atoms with E-state index in [1.54, 1.807) is 19.2 Å². The van der Waals surface area contributed by atoms with Crippen molar-refractivity contribution in [2.75, 3.05) is 33.4 Å². The SMILES string of the molecule is CN=C(NCCCOCC1CC1)NCC(C)Oc1cccc(F)c1.I. The summed E-state index contributed by atoms with van der Waals surface area (Å²) in [4.78, 5) is 4.18. The van der Waals surface area contributed by atoms with Crippen molar-refractivity contribution >= 4 is 29.9 Å². The summed E-state index contributed by atoms with van der Waals surface area (Å²) >= 11 is 0. The van der Waals surface area contributed by atoms with Gasteiger partial charge in [0, 0.05) is 32.9 Å². The molecule has 1 aromatic rings. The highest BCUT2D eigenvalue weighted by atomic mass is 127. The lowest BCUT2D eigenvalue weighted by Crippen LogP contribution is -2.42. The molecular weight excluding hydrogens is 436 g/mol. The molecule has 0 spiro atoms. The molecule has 1 aromatic carbocycles. The van der Waals surface area contributed by atoms with Crippen LogP contribution in [0.4, 0.5) is 4.39 Å². The minimum absolute atomic E-state index is 0. The summed E-state index contributed by atoms with van der Waals surface area (Å²) in [5.41, 5.74) is 0. The predicted octanol–water partition coefficient (Wildman–Crippen LogP) is 3.19. The van der Waals surface area contributed by atoms with Gasteiger partial charge in [-0.2, -0.15) is 0 Å². The van der Waals surface area contributed by atoms with Crippen LogP contribution in [-0.4, -0.2) is 45.4 Å². The summed E-state index contributed by atoms with van der Waals surface area (Å²) in [6.45, 7) is 5.00. The molecule has 7 heteroatoms. The first-order valence-electron chi connectivity index (χ1n) is 8.62. The van der Waals surface area contributed by atoms with E-state index in [9.17, 15) is 4.39 Å². The molecule has 1 unspecified atom stereocenters. The van der Waals surface area contributed by atoms with Crippen molar-refractivity contribution in [3.8, 4) is 5.75 Å². The second-order valence-corrected chi connectivity index (χ2v) is 6.14. The zero-order chi connectivity index (χ0) is 17.2. The van der Waals surface area contributed by atoms with Gasteiger partial charge < -0.3 is 20.1 Å². The second-order valence-electron chi connectivity index (χ2n) is 6.14. The number of benzene rings is 1. The molecule has 1 saturated carbocycles. The number of rotatable bonds is 10. The lowest BCUT2D eigenvalue weighted by molar-refractivity contribution is 0.123. The Morgan fingerprint density at radius 3 is 2.84 bits per heavy atom. The highest BCUT2D eigenvalue weighted by Gasteiger charge is 2.20. The third-order valence-corrected chi connectivity index (χ3v) is 3.72. The Morgan fingerprint density at radius 1 is 1.36 bits per heavy atom. The smallest absolute Gasteiger partial charge is 0.191 e. The van der Waals surface area contributed by atoms with E-state index < -0.39 is 0 Å². The Labute approximate surface area is 166 Å². The molecule has 25 heavy (non-hydrogen) atoms. The van der Waals surface area contributed by atoms with Crippen molar-refractivity contribution in [1.29, 1.82) is 0 Å². The molecule has 1 atom stereocenters. The molecule has 2 rings (SSSR count). The summed E-state index contributed by atoms with van der Waals surface area (Å²) in [5.74, 6) is 1.77. The van der Waals surface area contributed by atoms with Crippen LogP contribution in [0.25, 0.3) is 0 Å². The lowest BCUT2D eigenvalue weighted by atomic mass is 10.3. The fourth-order valence-corrected chi connectivity index (χ4v) is 2.19. The van der Waals surface area contributed by atoms with Crippen LogP contribution in [0.15, 0.2) is 29.3 Å². The van der Waals surface area contributed by atoms with Gasteiger partial charge >= 0.3 is 0 Å². The van der Waals surface area contributed by atoms with E-state index in [0.717, 1.165) is 38.1 Å². The molecule has 0 aliphatic heterocycles. The summed E-state index contributed by atoms with van der Waals surface area (Å²) < 4.78 is 24.4. The zero-order valence-electron chi connectivity index (χ0n) is 15.0. The van der Waals surface area contributed by atoms with E-state index in [4.69, 9.17) is 9.47 Å². The molecule has 0 radical (unpaired) electrons.